The van der Waals surface area contributed by atoms with Crippen LogP contribution in [0.4, 0.5) is 14.5 Å². The number of halogens is 2. The van der Waals surface area contributed by atoms with Crippen LogP contribution in [0.5, 0.6) is 0 Å². The van der Waals surface area contributed by atoms with Crippen molar-refractivity contribution in [3.8, 4) is 0 Å². The van der Waals surface area contributed by atoms with E-state index in [9.17, 15) is 8.78 Å². The summed E-state index contributed by atoms with van der Waals surface area (Å²) >= 11 is 0. The van der Waals surface area contributed by atoms with Crippen molar-refractivity contribution in [1.82, 2.24) is 9.55 Å². The molecule has 3 nitrogen and oxygen atoms in total. The first-order valence-electron chi connectivity index (χ1n) is 5.88. The highest BCUT2D eigenvalue weighted by Gasteiger charge is 2.03. The zero-order valence-corrected chi connectivity index (χ0v) is 10.2. The summed E-state index contributed by atoms with van der Waals surface area (Å²) in [7, 11) is 0. The molecule has 0 radical (unpaired) electrons. The fraction of sp³-hybridized carbons (Fsp3) is 0.308. The van der Waals surface area contributed by atoms with Gasteiger partial charge < -0.3 is 9.88 Å². The number of hydrogen-bond donors (Lipinski definition) is 1. The second kappa shape index (κ2) is 5.62. The summed E-state index contributed by atoms with van der Waals surface area (Å²) in [4.78, 5) is 4.06. The first-order valence-corrected chi connectivity index (χ1v) is 5.88. The Kier molecular flexibility index (Phi) is 3.92. The first-order chi connectivity index (χ1) is 8.69. The summed E-state index contributed by atoms with van der Waals surface area (Å²) in [5.41, 5.74) is 1.42. The van der Waals surface area contributed by atoms with Crippen LogP contribution in [0.15, 0.2) is 30.7 Å². The van der Waals surface area contributed by atoms with E-state index in [0.29, 0.717) is 12.2 Å². The van der Waals surface area contributed by atoms with Gasteiger partial charge in [0.25, 0.3) is 0 Å². The van der Waals surface area contributed by atoms with Crippen molar-refractivity contribution in [2.24, 2.45) is 0 Å². The van der Waals surface area contributed by atoms with E-state index in [1.807, 2.05) is 4.57 Å². The molecule has 96 valence electrons. The van der Waals surface area contributed by atoms with E-state index in [-0.39, 0.29) is 0 Å². The largest absolute Gasteiger partial charge is 0.379 e. The molecule has 0 saturated heterocycles. The molecular weight excluding hydrogens is 236 g/mol. The van der Waals surface area contributed by atoms with Crippen molar-refractivity contribution in [3.05, 3.63) is 48.1 Å². The third-order valence-electron chi connectivity index (χ3n) is 2.60. The van der Waals surface area contributed by atoms with Crippen LogP contribution >= 0.6 is 0 Å². The van der Waals surface area contributed by atoms with E-state index in [4.69, 9.17) is 0 Å². The highest BCUT2D eigenvalue weighted by molar-refractivity contribution is 5.43. The second-order valence-corrected chi connectivity index (χ2v) is 4.09. The van der Waals surface area contributed by atoms with Crippen LogP contribution in [0.2, 0.25) is 0 Å². The summed E-state index contributed by atoms with van der Waals surface area (Å²) in [5, 5.41) is 2.99. The molecule has 0 aliphatic rings. The molecule has 1 heterocycles. The number of hydrogen-bond acceptors (Lipinski definition) is 2. The van der Waals surface area contributed by atoms with Gasteiger partial charge in [0.1, 0.15) is 11.6 Å². The highest BCUT2D eigenvalue weighted by Crippen LogP contribution is 2.14. The van der Waals surface area contributed by atoms with Crippen LogP contribution in [0.25, 0.3) is 0 Å². The van der Waals surface area contributed by atoms with Gasteiger partial charge in [-0.15, -0.1) is 0 Å². The van der Waals surface area contributed by atoms with Crippen molar-refractivity contribution in [3.63, 3.8) is 0 Å². The van der Waals surface area contributed by atoms with E-state index < -0.39 is 11.6 Å². The van der Waals surface area contributed by atoms with Crippen LogP contribution in [0, 0.1) is 11.6 Å². The van der Waals surface area contributed by atoms with Crippen molar-refractivity contribution >= 4 is 5.69 Å². The predicted octanol–water partition coefficient (Wildman–Crippen LogP) is 3.18. The van der Waals surface area contributed by atoms with E-state index in [1.54, 1.807) is 12.5 Å². The number of aromatic nitrogens is 2. The number of benzene rings is 1. The van der Waals surface area contributed by atoms with E-state index in [1.165, 1.54) is 12.1 Å². The number of nitrogens with one attached hydrogen (secondary N) is 1. The molecule has 0 atom stereocenters. The second-order valence-electron chi connectivity index (χ2n) is 4.09. The Morgan fingerprint density at radius 3 is 2.61 bits per heavy atom. The van der Waals surface area contributed by atoms with Gasteiger partial charge in [0.15, 0.2) is 0 Å². The molecule has 5 heteroatoms. The summed E-state index contributed by atoms with van der Waals surface area (Å²) in [5.74, 6) is -1.17. The minimum absolute atomic E-state index is 0.428. The van der Waals surface area contributed by atoms with Gasteiger partial charge >= 0.3 is 0 Å². The predicted molar refractivity (Wildman–Crippen MR) is 66.2 cm³/mol. The number of aryl methyl sites for hydroxylation is 1. The third kappa shape index (κ3) is 3.06. The lowest BCUT2D eigenvalue weighted by Gasteiger charge is -2.09. The third-order valence-corrected chi connectivity index (χ3v) is 2.60. The quantitative estimate of drug-likeness (QED) is 0.884. The average molecular weight is 251 g/mol. The van der Waals surface area contributed by atoms with Crippen LogP contribution in [-0.2, 0) is 13.1 Å². The van der Waals surface area contributed by atoms with Gasteiger partial charge in [-0.1, -0.05) is 6.92 Å². The van der Waals surface area contributed by atoms with Crippen LogP contribution < -0.4 is 5.32 Å². The normalized spacial score (nSPS) is 10.6. The van der Waals surface area contributed by atoms with Gasteiger partial charge in [-0.05, 0) is 18.6 Å². The number of nitrogens with zero attached hydrogens (tertiary/aromatic N) is 2. The fourth-order valence-corrected chi connectivity index (χ4v) is 1.79. The molecule has 1 N–H and O–H groups in total. The SMILES string of the molecule is CCCn1cncc1CNc1cc(F)cc(F)c1. The smallest absolute Gasteiger partial charge is 0.128 e. The molecule has 0 saturated carbocycles. The molecular formula is C13H15F2N3. The fourth-order valence-electron chi connectivity index (χ4n) is 1.79. The molecule has 0 unspecified atom stereocenters. The van der Waals surface area contributed by atoms with Crippen LogP contribution in [0.1, 0.15) is 19.0 Å². The molecule has 2 aromatic rings. The molecule has 0 amide bonds. The van der Waals surface area contributed by atoms with E-state index >= 15 is 0 Å². The van der Waals surface area contributed by atoms with Crippen molar-refractivity contribution < 1.29 is 8.78 Å². The summed E-state index contributed by atoms with van der Waals surface area (Å²) < 4.78 is 28.0. The molecule has 2 rings (SSSR count). The van der Waals surface area contributed by atoms with Gasteiger partial charge in [0, 0.05) is 24.5 Å². The number of rotatable bonds is 5. The van der Waals surface area contributed by atoms with Crippen LogP contribution in [-0.4, -0.2) is 9.55 Å². The zero-order valence-electron chi connectivity index (χ0n) is 10.2. The maximum Gasteiger partial charge on any atom is 0.128 e. The Morgan fingerprint density at radius 1 is 1.22 bits per heavy atom. The molecule has 0 spiro atoms. The number of imidazole rings is 1. The number of anilines is 1. The maximum absolute atomic E-state index is 13.0. The van der Waals surface area contributed by atoms with Gasteiger partial charge in [-0.25, -0.2) is 13.8 Å². The molecule has 18 heavy (non-hydrogen) atoms. The Hall–Kier alpha value is -1.91. The minimum Gasteiger partial charge on any atom is -0.379 e. The average Bonchev–Trinajstić information content (AvgIpc) is 2.73. The zero-order chi connectivity index (χ0) is 13.0. The maximum atomic E-state index is 13.0. The highest BCUT2D eigenvalue weighted by atomic mass is 19.1. The Morgan fingerprint density at radius 2 is 1.94 bits per heavy atom. The molecule has 0 fully saturated rings. The topological polar surface area (TPSA) is 29.9 Å². The Labute approximate surface area is 104 Å². The lowest BCUT2D eigenvalue weighted by molar-refractivity contribution is 0.584. The minimum atomic E-state index is -0.584. The van der Waals surface area contributed by atoms with E-state index in [0.717, 1.165) is 24.7 Å². The molecule has 1 aromatic heterocycles. The molecule has 0 aliphatic carbocycles. The van der Waals surface area contributed by atoms with Gasteiger partial charge in [-0.2, -0.15) is 0 Å². The molecule has 0 bridgehead atoms. The van der Waals surface area contributed by atoms with Gasteiger partial charge in [0.2, 0.25) is 0 Å². The van der Waals surface area contributed by atoms with Crippen molar-refractivity contribution in [1.29, 1.82) is 0 Å². The van der Waals surface area contributed by atoms with Crippen LogP contribution in [0.3, 0.4) is 0 Å². The van der Waals surface area contributed by atoms with Crippen molar-refractivity contribution in [2.75, 3.05) is 5.32 Å². The standard InChI is InChI=1S/C13H15F2N3/c1-2-3-18-9-16-7-13(18)8-17-12-5-10(14)4-11(15)6-12/h4-7,9,17H,2-3,8H2,1H3. The summed E-state index contributed by atoms with van der Waals surface area (Å²) in [6, 6.07) is 3.39. The van der Waals surface area contributed by atoms with Crippen molar-refractivity contribution in [2.45, 2.75) is 26.4 Å². The van der Waals surface area contributed by atoms with Gasteiger partial charge in [-0.3, -0.25) is 0 Å². The lowest BCUT2D eigenvalue weighted by atomic mass is 10.3. The monoisotopic (exact) mass is 251 g/mol. The first kappa shape index (κ1) is 12.5. The Bertz CT molecular complexity index is 502. The Balaban J connectivity index is 2.04. The van der Waals surface area contributed by atoms with Gasteiger partial charge in [0.05, 0.1) is 18.6 Å². The summed E-state index contributed by atoms with van der Waals surface area (Å²) in [6.07, 6.45) is 4.52. The summed E-state index contributed by atoms with van der Waals surface area (Å²) in [6.45, 7) is 3.45. The molecule has 1 aromatic carbocycles. The molecule has 0 aliphatic heterocycles. The van der Waals surface area contributed by atoms with E-state index in [2.05, 4.69) is 17.2 Å². The lowest BCUT2D eigenvalue weighted by Crippen LogP contribution is -2.07.